The molecule has 2 aliphatic rings. The van der Waals surface area contributed by atoms with Crippen molar-refractivity contribution in [2.45, 2.75) is 19.9 Å². The van der Waals surface area contributed by atoms with Crippen molar-refractivity contribution in [3.63, 3.8) is 0 Å². The molecule has 3 rings (SSSR count). The van der Waals surface area contributed by atoms with Gasteiger partial charge in [-0.05, 0) is 11.5 Å². The van der Waals surface area contributed by atoms with Crippen molar-refractivity contribution >= 4 is 17.9 Å². The minimum Gasteiger partial charge on any atom is -0.447 e. The Bertz CT molecular complexity index is 631. The summed E-state index contributed by atoms with van der Waals surface area (Å²) >= 11 is 0. The lowest BCUT2D eigenvalue weighted by Gasteiger charge is -2.40. The van der Waals surface area contributed by atoms with Crippen LogP contribution < -0.4 is 5.32 Å². The molecule has 23 heavy (non-hydrogen) atoms. The molecule has 0 aliphatic carbocycles. The summed E-state index contributed by atoms with van der Waals surface area (Å²) in [6.07, 6.45) is -0.599. The molecule has 0 unspecified atom stereocenters. The van der Waals surface area contributed by atoms with Crippen molar-refractivity contribution in [3.8, 4) is 0 Å². The standard InChI is InChI=1S/C17H20N2O4/c1-10-11(2)15(20)18-14(12-6-4-3-5-7-12)13(10)16(21)19-8-9-23-17(19)22/h3-7,10-11,13-14H,8-9H2,1-2H3,(H,18,20)/t10-,11-,13+,14+/m1/s1. The molecule has 2 saturated heterocycles. The summed E-state index contributed by atoms with van der Waals surface area (Å²) in [4.78, 5) is 38.0. The van der Waals surface area contributed by atoms with E-state index in [9.17, 15) is 14.4 Å². The monoisotopic (exact) mass is 316 g/mol. The van der Waals surface area contributed by atoms with Crippen LogP contribution in [0.1, 0.15) is 25.5 Å². The van der Waals surface area contributed by atoms with E-state index < -0.39 is 18.1 Å². The number of cyclic esters (lactones) is 1. The van der Waals surface area contributed by atoms with Crippen molar-refractivity contribution in [2.75, 3.05) is 13.2 Å². The van der Waals surface area contributed by atoms with E-state index in [0.717, 1.165) is 10.5 Å². The van der Waals surface area contributed by atoms with Gasteiger partial charge < -0.3 is 10.1 Å². The summed E-state index contributed by atoms with van der Waals surface area (Å²) in [6, 6.07) is 8.96. The molecule has 122 valence electrons. The molecule has 1 N–H and O–H groups in total. The van der Waals surface area contributed by atoms with E-state index >= 15 is 0 Å². The molecule has 2 heterocycles. The first-order chi connectivity index (χ1) is 11.0. The highest BCUT2D eigenvalue weighted by Crippen LogP contribution is 2.38. The number of nitrogens with one attached hydrogen (secondary N) is 1. The largest absolute Gasteiger partial charge is 0.447 e. The lowest BCUT2D eigenvalue weighted by atomic mass is 9.73. The van der Waals surface area contributed by atoms with Crippen molar-refractivity contribution in [1.82, 2.24) is 10.2 Å². The third-order valence-electron chi connectivity index (χ3n) is 4.90. The lowest BCUT2D eigenvalue weighted by Crippen LogP contribution is -2.54. The number of hydrogen-bond donors (Lipinski definition) is 1. The Morgan fingerprint density at radius 3 is 2.52 bits per heavy atom. The Kier molecular flexibility index (Phi) is 4.07. The first-order valence-electron chi connectivity index (χ1n) is 7.84. The van der Waals surface area contributed by atoms with Crippen LogP contribution in [-0.2, 0) is 14.3 Å². The second-order valence-corrected chi connectivity index (χ2v) is 6.17. The van der Waals surface area contributed by atoms with Crippen molar-refractivity contribution in [3.05, 3.63) is 35.9 Å². The van der Waals surface area contributed by atoms with Crippen LogP contribution in [-0.4, -0.2) is 36.0 Å². The summed E-state index contributed by atoms with van der Waals surface area (Å²) < 4.78 is 4.88. The fourth-order valence-electron chi connectivity index (χ4n) is 3.32. The van der Waals surface area contributed by atoms with E-state index in [1.54, 1.807) is 0 Å². The molecule has 3 amide bonds. The number of carbonyl (C=O) groups is 3. The second-order valence-electron chi connectivity index (χ2n) is 6.17. The Hall–Kier alpha value is -2.37. The zero-order chi connectivity index (χ0) is 16.6. The van der Waals surface area contributed by atoms with Crippen LogP contribution in [0.5, 0.6) is 0 Å². The number of ether oxygens (including phenoxy) is 1. The minimum absolute atomic E-state index is 0.0700. The highest BCUT2D eigenvalue weighted by atomic mass is 16.6. The number of hydrogen-bond acceptors (Lipinski definition) is 4. The average molecular weight is 316 g/mol. The van der Waals surface area contributed by atoms with Gasteiger partial charge in [0.25, 0.3) is 0 Å². The number of rotatable bonds is 2. The van der Waals surface area contributed by atoms with E-state index in [1.807, 2.05) is 44.2 Å². The van der Waals surface area contributed by atoms with Crippen molar-refractivity contribution in [1.29, 1.82) is 0 Å². The molecule has 0 aromatic heterocycles. The summed E-state index contributed by atoms with van der Waals surface area (Å²) in [5.74, 6) is -1.30. The van der Waals surface area contributed by atoms with Crippen LogP contribution in [0.4, 0.5) is 4.79 Å². The second kappa shape index (κ2) is 6.02. The highest BCUT2D eigenvalue weighted by Gasteiger charge is 2.47. The SMILES string of the molecule is C[C@H]1[C@H](C(=O)N2CCOC2=O)[C@H](c2ccccc2)NC(=O)[C@@H]1C. The number of benzene rings is 1. The maximum atomic E-state index is 12.9. The molecular formula is C17H20N2O4. The van der Waals surface area contributed by atoms with Crippen LogP contribution in [0, 0.1) is 17.8 Å². The molecule has 0 radical (unpaired) electrons. The van der Waals surface area contributed by atoms with Crippen molar-refractivity contribution < 1.29 is 19.1 Å². The number of amides is 3. The van der Waals surface area contributed by atoms with Crippen molar-refractivity contribution in [2.24, 2.45) is 17.8 Å². The molecule has 6 nitrogen and oxygen atoms in total. The minimum atomic E-state index is -0.599. The quantitative estimate of drug-likeness (QED) is 0.901. The molecule has 1 aromatic carbocycles. The molecule has 0 spiro atoms. The van der Waals surface area contributed by atoms with Gasteiger partial charge in [0.1, 0.15) is 6.61 Å². The lowest BCUT2D eigenvalue weighted by molar-refractivity contribution is -0.142. The maximum Gasteiger partial charge on any atom is 0.416 e. The van der Waals surface area contributed by atoms with Gasteiger partial charge in [0, 0.05) is 5.92 Å². The highest BCUT2D eigenvalue weighted by molar-refractivity contribution is 5.96. The maximum absolute atomic E-state index is 12.9. The number of piperidine rings is 1. The number of imide groups is 1. The van der Waals surface area contributed by atoms with E-state index in [-0.39, 0.29) is 36.8 Å². The van der Waals surface area contributed by atoms with Crippen LogP contribution in [0.15, 0.2) is 30.3 Å². The van der Waals surface area contributed by atoms with Gasteiger partial charge in [-0.1, -0.05) is 44.2 Å². The predicted molar refractivity (Wildman–Crippen MR) is 82.2 cm³/mol. The summed E-state index contributed by atoms with van der Waals surface area (Å²) in [5.41, 5.74) is 0.866. The Morgan fingerprint density at radius 1 is 1.22 bits per heavy atom. The molecule has 2 aliphatic heterocycles. The zero-order valence-corrected chi connectivity index (χ0v) is 13.2. The van der Waals surface area contributed by atoms with Gasteiger partial charge in [-0.15, -0.1) is 0 Å². The molecule has 2 fully saturated rings. The van der Waals surface area contributed by atoms with Crippen LogP contribution in [0.3, 0.4) is 0 Å². The predicted octanol–water partition coefficient (Wildman–Crippen LogP) is 1.72. The first kappa shape index (κ1) is 15.5. The van der Waals surface area contributed by atoms with Gasteiger partial charge in [0.15, 0.2) is 0 Å². The van der Waals surface area contributed by atoms with Gasteiger partial charge in [-0.3, -0.25) is 9.59 Å². The van der Waals surface area contributed by atoms with Gasteiger partial charge in [0.05, 0.1) is 18.5 Å². The molecule has 0 bridgehead atoms. The topological polar surface area (TPSA) is 75.7 Å². The van der Waals surface area contributed by atoms with Crippen LogP contribution in [0.25, 0.3) is 0 Å². The fourth-order valence-corrected chi connectivity index (χ4v) is 3.32. The third kappa shape index (κ3) is 2.69. The van der Waals surface area contributed by atoms with Gasteiger partial charge in [0.2, 0.25) is 11.8 Å². The smallest absolute Gasteiger partial charge is 0.416 e. The van der Waals surface area contributed by atoms with Gasteiger partial charge in [-0.25, -0.2) is 9.69 Å². The van der Waals surface area contributed by atoms with E-state index in [2.05, 4.69) is 5.32 Å². The Morgan fingerprint density at radius 2 is 1.91 bits per heavy atom. The molecule has 6 heteroatoms. The first-order valence-corrected chi connectivity index (χ1v) is 7.84. The average Bonchev–Trinajstić information content (AvgIpc) is 2.98. The Balaban J connectivity index is 1.96. The molecule has 0 saturated carbocycles. The third-order valence-corrected chi connectivity index (χ3v) is 4.90. The summed E-state index contributed by atoms with van der Waals surface area (Å²) in [6.45, 7) is 4.20. The van der Waals surface area contributed by atoms with Crippen LogP contribution in [0.2, 0.25) is 0 Å². The normalized spacial score (nSPS) is 30.8. The number of carbonyl (C=O) groups excluding carboxylic acids is 3. The van der Waals surface area contributed by atoms with E-state index in [0.29, 0.717) is 0 Å². The van der Waals surface area contributed by atoms with Crippen LogP contribution >= 0.6 is 0 Å². The van der Waals surface area contributed by atoms with Gasteiger partial charge >= 0.3 is 6.09 Å². The van der Waals surface area contributed by atoms with E-state index in [4.69, 9.17) is 4.74 Å². The molecule has 4 atom stereocenters. The van der Waals surface area contributed by atoms with E-state index in [1.165, 1.54) is 0 Å². The fraction of sp³-hybridized carbons (Fsp3) is 0.471. The number of nitrogens with zero attached hydrogens (tertiary/aromatic N) is 1. The summed E-state index contributed by atoms with van der Waals surface area (Å²) in [7, 11) is 0. The molecule has 1 aromatic rings. The zero-order valence-electron chi connectivity index (χ0n) is 13.2. The Labute approximate surface area is 134 Å². The van der Waals surface area contributed by atoms with Gasteiger partial charge in [-0.2, -0.15) is 0 Å². The molecular weight excluding hydrogens is 296 g/mol. The summed E-state index contributed by atoms with van der Waals surface area (Å²) in [5, 5.41) is 2.94.